The van der Waals surface area contributed by atoms with E-state index in [1.165, 1.54) is 0 Å². The molecule has 7 heteroatoms. The Morgan fingerprint density at radius 2 is 1.71 bits per heavy atom. The summed E-state index contributed by atoms with van der Waals surface area (Å²) in [5.41, 5.74) is 1.61. The summed E-state index contributed by atoms with van der Waals surface area (Å²) in [4.78, 5) is 42.9. The van der Waals surface area contributed by atoms with Crippen LogP contribution in [-0.4, -0.2) is 60.3 Å². The first kappa shape index (κ1) is 24.8. The largest absolute Gasteiger partial charge is 0.497 e. The molecule has 0 saturated carbocycles. The Labute approximate surface area is 207 Å². The molecule has 0 bridgehead atoms. The molecule has 2 heterocycles. The second-order valence-electron chi connectivity index (χ2n) is 9.41. The molecule has 0 radical (unpaired) electrons. The third kappa shape index (κ3) is 5.66. The Bertz CT molecular complexity index is 1020. The highest BCUT2D eigenvalue weighted by Crippen LogP contribution is 2.40. The predicted molar refractivity (Wildman–Crippen MR) is 134 cm³/mol. The molecule has 0 aliphatic carbocycles. The van der Waals surface area contributed by atoms with Crippen molar-refractivity contribution in [2.24, 2.45) is 5.92 Å². The van der Waals surface area contributed by atoms with Crippen molar-refractivity contribution in [3.63, 3.8) is 0 Å². The smallest absolute Gasteiger partial charge is 0.251 e. The van der Waals surface area contributed by atoms with Crippen molar-refractivity contribution < 1.29 is 19.1 Å². The van der Waals surface area contributed by atoms with Gasteiger partial charge in [0.2, 0.25) is 11.8 Å². The molecule has 2 aromatic carbocycles. The Hall–Kier alpha value is -3.35. The minimum Gasteiger partial charge on any atom is -0.497 e. The molecule has 186 valence electrons. The Balaban J connectivity index is 1.43. The van der Waals surface area contributed by atoms with Crippen LogP contribution in [0.25, 0.3) is 0 Å². The molecular weight excluding hydrogens is 442 g/mol. The molecule has 2 aromatic rings. The van der Waals surface area contributed by atoms with E-state index in [0.29, 0.717) is 38.0 Å². The number of rotatable bonds is 8. The summed E-state index contributed by atoms with van der Waals surface area (Å²) < 4.78 is 5.29. The van der Waals surface area contributed by atoms with Crippen molar-refractivity contribution in [2.75, 3.05) is 26.7 Å². The third-order valence-corrected chi connectivity index (χ3v) is 7.14. The second-order valence-corrected chi connectivity index (χ2v) is 9.41. The van der Waals surface area contributed by atoms with Gasteiger partial charge >= 0.3 is 0 Å². The highest BCUT2D eigenvalue weighted by molar-refractivity contribution is 5.94. The monoisotopic (exact) mass is 477 g/mol. The van der Waals surface area contributed by atoms with Crippen LogP contribution in [0.15, 0.2) is 54.6 Å². The van der Waals surface area contributed by atoms with Crippen LogP contribution in [-0.2, 0) is 9.59 Å². The van der Waals surface area contributed by atoms with E-state index in [0.717, 1.165) is 24.2 Å². The van der Waals surface area contributed by atoms with Crippen molar-refractivity contribution in [2.45, 2.75) is 51.1 Å². The zero-order valence-electron chi connectivity index (χ0n) is 20.6. The molecule has 7 nitrogen and oxygen atoms in total. The molecule has 3 amide bonds. The molecule has 2 unspecified atom stereocenters. The van der Waals surface area contributed by atoms with Gasteiger partial charge < -0.3 is 19.9 Å². The summed E-state index contributed by atoms with van der Waals surface area (Å²) in [7, 11) is 1.62. The highest BCUT2D eigenvalue weighted by Gasteiger charge is 2.45. The van der Waals surface area contributed by atoms with Crippen LogP contribution in [0.3, 0.4) is 0 Å². The van der Waals surface area contributed by atoms with E-state index in [9.17, 15) is 14.4 Å². The van der Waals surface area contributed by atoms with E-state index in [-0.39, 0.29) is 36.2 Å². The van der Waals surface area contributed by atoms with Gasteiger partial charge in [-0.25, -0.2) is 0 Å². The standard InChI is InChI=1S/C28H35N3O4/c1-3-4-16-31-25(32)19-24(26(31)20-10-12-23(35-2)13-11-20)28(34)30-17-14-22(15-18-30)29-27(33)21-8-6-5-7-9-21/h5-13,22,24,26H,3-4,14-19H2,1-2H3,(H,29,33). The maximum atomic E-state index is 13.7. The molecule has 0 aromatic heterocycles. The average Bonchev–Trinajstić information content (AvgIpc) is 3.23. The van der Waals surface area contributed by atoms with Gasteiger partial charge in [0.1, 0.15) is 5.75 Å². The van der Waals surface area contributed by atoms with E-state index < -0.39 is 5.92 Å². The lowest BCUT2D eigenvalue weighted by Gasteiger charge is -2.36. The van der Waals surface area contributed by atoms with Crippen molar-refractivity contribution in [3.05, 3.63) is 65.7 Å². The van der Waals surface area contributed by atoms with Crippen LogP contribution in [0.5, 0.6) is 5.75 Å². The maximum Gasteiger partial charge on any atom is 0.251 e. The molecule has 35 heavy (non-hydrogen) atoms. The zero-order valence-corrected chi connectivity index (χ0v) is 20.6. The molecule has 2 aliphatic heterocycles. The first-order chi connectivity index (χ1) is 17.0. The molecule has 2 fully saturated rings. The van der Waals surface area contributed by atoms with Gasteiger partial charge in [-0.3, -0.25) is 14.4 Å². The number of methoxy groups -OCH3 is 1. The summed E-state index contributed by atoms with van der Waals surface area (Å²) >= 11 is 0. The number of ether oxygens (including phenoxy) is 1. The maximum absolute atomic E-state index is 13.7. The Morgan fingerprint density at radius 3 is 2.34 bits per heavy atom. The van der Waals surface area contributed by atoms with Gasteiger partial charge in [0, 0.05) is 37.7 Å². The molecule has 4 rings (SSSR count). The number of carbonyl (C=O) groups is 3. The first-order valence-electron chi connectivity index (χ1n) is 12.6. The molecular formula is C28H35N3O4. The van der Waals surface area contributed by atoms with Gasteiger partial charge in [-0.1, -0.05) is 43.7 Å². The summed E-state index contributed by atoms with van der Waals surface area (Å²) in [6.45, 7) is 3.91. The van der Waals surface area contributed by atoms with E-state index >= 15 is 0 Å². The van der Waals surface area contributed by atoms with Gasteiger partial charge in [-0.15, -0.1) is 0 Å². The number of hydrogen-bond donors (Lipinski definition) is 1. The molecule has 2 aliphatic rings. The molecule has 2 saturated heterocycles. The average molecular weight is 478 g/mol. The number of nitrogens with one attached hydrogen (secondary N) is 1. The lowest BCUT2D eigenvalue weighted by molar-refractivity contribution is -0.137. The van der Waals surface area contributed by atoms with E-state index in [4.69, 9.17) is 4.74 Å². The normalized spacial score (nSPS) is 20.7. The summed E-state index contributed by atoms with van der Waals surface area (Å²) in [5, 5.41) is 3.10. The van der Waals surface area contributed by atoms with Gasteiger partial charge in [0.05, 0.1) is 19.1 Å². The van der Waals surface area contributed by atoms with Crippen LogP contribution in [0.2, 0.25) is 0 Å². The topological polar surface area (TPSA) is 79.0 Å². The highest BCUT2D eigenvalue weighted by atomic mass is 16.5. The van der Waals surface area contributed by atoms with Gasteiger partial charge in [0.15, 0.2) is 0 Å². The molecule has 1 N–H and O–H groups in total. The van der Waals surface area contributed by atoms with Crippen molar-refractivity contribution in [3.8, 4) is 5.75 Å². The van der Waals surface area contributed by atoms with Gasteiger partial charge in [0.25, 0.3) is 5.91 Å². The van der Waals surface area contributed by atoms with Crippen LogP contribution in [0.4, 0.5) is 0 Å². The number of hydrogen-bond acceptors (Lipinski definition) is 4. The number of unbranched alkanes of at least 4 members (excludes halogenated alkanes) is 1. The van der Waals surface area contributed by atoms with E-state index in [1.807, 2.05) is 52.3 Å². The van der Waals surface area contributed by atoms with Crippen LogP contribution < -0.4 is 10.1 Å². The minimum absolute atomic E-state index is 0.0333. The lowest BCUT2D eigenvalue weighted by atomic mass is 9.91. The summed E-state index contributed by atoms with van der Waals surface area (Å²) in [5.74, 6) is 0.348. The quantitative estimate of drug-likeness (QED) is 0.627. The van der Waals surface area contributed by atoms with Crippen LogP contribution in [0.1, 0.15) is 61.0 Å². The minimum atomic E-state index is -0.400. The summed E-state index contributed by atoms with van der Waals surface area (Å²) in [6.07, 6.45) is 3.55. The Morgan fingerprint density at radius 1 is 1.03 bits per heavy atom. The molecule has 2 atom stereocenters. The number of benzene rings is 2. The van der Waals surface area contributed by atoms with Crippen LogP contribution in [0, 0.1) is 5.92 Å². The van der Waals surface area contributed by atoms with E-state index in [1.54, 1.807) is 19.2 Å². The number of likely N-dealkylation sites (tertiary alicyclic amines) is 2. The molecule has 0 spiro atoms. The Kier molecular flexibility index (Phi) is 8.06. The predicted octanol–water partition coefficient (Wildman–Crippen LogP) is 3.81. The van der Waals surface area contributed by atoms with Crippen molar-refractivity contribution in [1.29, 1.82) is 0 Å². The lowest BCUT2D eigenvalue weighted by Crippen LogP contribution is -2.48. The number of carbonyl (C=O) groups excluding carboxylic acids is 3. The van der Waals surface area contributed by atoms with Crippen LogP contribution >= 0.6 is 0 Å². The second kappa shape index (κ2) is 11.4. The van der Waals surface area contributed by atoms with Crippen molar-refractivity contribution in [1.82, 2.24) is 15.1 Å². The van der Waals surface area contributed by atoms with Gasteiger partial charge in [-0.05, 0) is 49.1 Å². The first-order valence-corrected chi connectivity index (χ1v) is 12.6. The summed E-state index contributed by atoms with van der Waals surface area (Å²) in [6, 6.07) is 16.7. The number of nitrogens with zero attached hydrogens (tertiary/aromatic N) is 2. The third-order valence-electron chi connectivity index (χ3n) is 7.14. The number of piperidine rings is 1. The van der Waals surface area contributed by atoms with E-state index in [2.05, 4.69) is 12.2 Å². The number of amides is 3. The fraction of sp³-hybridized carbons (Fsp3) is 0.464. The van der Waals surface area contributed by atoms with Crippen molar-refractivity contribution >= 4 is 17.7 Å². The zero-order chi connectivity index (χ0) is 24.8. The van der Waals surface area contributed by atoms with Gasteiger partial charge in [-0.2, -0.15) is 0 Å². The fourth-order valence-electron chi connectivity index (χ4n) is 5.15. The SMILES string of the molecule is CCCCN1C(=O)CC(C(=O)N2CCC(NC(=O)c3ccccc3)CC2)C1c1ccc(OC)cc1. The fourth-order valence-corrected chi connectivity index (χ4v) is 5.15.